The minimum Gasteiger partial charge on any atom is -0.388 e. The summed E-state index contributed by atoms with van der Waals surface area (Å²) in [6, 6.07) is 10.2. The summed E-state index contributed by atoms with van der Waals surface area (Å²) in [5, 5.41) is 9.45. The van der Waals surface area contributed by atoms with Crippen molar-refractivity contribution >= 4 is 27.8 Å². The molecule has 0 saturated carbocycles. The number of benzene rings is 1. The summed E-state index contributed by atoms with van der Waals surface area (Å²) in [5.74, 6) is 0.210. The van der Waals surface area contributed by atoms with Gasteiger partial charge in [-0.05, 0) is 12.1 Å². The van der Waals surface area contributed by atoms with Crippen molar-refractivity contribution in [3.8, 4) is 0 Å². The molecule has 0 aliphatic heterocycles. The van der Waals surface area contributed by atoms with E-state index in [-0.39, 0.29) is 5.84 Å². The zero-order valence-corrected chi connectivity index (χ0v) is 12.4. The van der Waals surface area contributed by atoms with E-state index in [0.29, 0.717) is 19.5 Å². The first kappa shape index (κ1) is 13.6. The highest BCUT2D eigenvalue weighted by atomic mass is 32.1. The van der Waals surface area contributed by atoms with E-state index < -0.39 is 0 Å². The third-order valence-corrected chi connectivity index (χ3v) is 4.04. The lowest BCUT2D eigenvalue weighted by Gasteiger charge is -2.23. The first-order chi connectivity index (χ1) is 10.2. The third-order valence-electron chi connectivity index (χ3n) is 3.27. The highest BCUT2D eigenvalue weighted by Gasteiger charge is 2.10. The van der Waals surface area contributed by atoms with Crippen molar-refractivity contribution in [3.05, 3.63) is 53.8 Å². The Hall–Kier alpha value is -2.34. The first-order valence-electron chi connectivity index (χ1n) is 6.76. The number of nitrogens with one attached hydrogen (secondary N) is 1. The summed E-state index contributed by atoms with van der Waals surface area (Å²) in [6.45, 7) is 1.43. The molecule has 0 amide bonds. The van der Waals surface area contributed by atoms with Gasteiger partial charge >= 0.3 is 0 Å². The molecule has 0 aliphatic rings. The topological polar surface area (TPSA) is 70.4 Å². The van der Waals surface area contributed by atoms with Gasteiger partial charge in [0.2, 0.25) is 0 Å². The highest BCUT2D eigenvalue weighted by molar-refractivity contribution is 7.15. The zero-order valence-electron chi connectivity index (χ0n) is 11.6. The van der Waals surface area contributed by atoms with Gasteiger partial charge in [-0.2, -0.15) is 0 Å². The number of aromatic nitrogens is 2. The van der Waals surface area contributed by atoms with E-state index in [2.05, 4.69) is 28.2 Å². The number of anilines is 1. The van der Waals surface area contributed by atoms with E-state index in [1.165, 1.54) is 0 Å². The number of rotatable bonds is 6. The Morgan fingerprint density at radius 2 is 2.14 bits per heavy atom. The minimum absolute atomic E-state index is 0.210. The zero-order chi connectivity index (χ0) is 14.7. The number of nitrogens with zero attached hydrogens (tertiary/aromatic N) is 3. The number of hydrogen-bond acceptors (Lipinski definition) is 4. The van der Waals surface area contributed by atoms with Crippen LogP contribution in [0.2, 0.25) is 0 Å². The second-order valence-corrected chi connectivity index (χ2v) is 5.73. The Morgan fingerprint density at radius 3 is 2.86 bits per heavy atom. The van der Waals surface area contributed by atoms with Crippen molar-refractivity contribution in [1.82, 2.24) is 9.38 Å². The predicted octanol–water partition coefficient (Wildman–Crippen LogP) is 2.73. The van der Waals surface area contributed by atoms with Gasteiger partial charge < -0.3 is 10.6 Å². The predicted molar refractivity (Wildman–Crippen MR) is 87.1 cm³/mol. The number of amidine groups is 1. The molecule has 0 radical (unpaired) electrons. The molecule has 0 saturated heterocycles. The number of hydrogen-bond donors (Lipinski definition) is 2. The number of imidazole rings is 1. The lowest BCUT2D eigenvalue weighted by Crippen LogP contribution is -2.27. The molecule has 1 aromatic carbocycles. The van der Waals surface area contributed by atoms with Crippen LogP contribution in [0.3, 0.4) is 0 Å². The van der Waals surface area contributed by atoms with Crippen LogP contribution in [0, 0.1) is 5.41 Å². The normalized spacial score (nSPS) is 10.9. The molecule has 0 spiro atoms. The molecule has 5 nitrogen and oxygen atoms in total. The van der Waals surface area contributed by atoms with Gasteiger partial charge in [-0.3, -0.25) is 9.81 Å². The molecule has 0 unspecified atom stereocenters. The van der Waals surface area contributed by atoms with Gasteiger partial charge in [0.15, 0.2) is 4.96 Å². The second-order valence-electron chi connectivity index (χ2n) is 4.86. The van der Waals surface area contributed by atoms with Crippen molar-refractivity contribution < 1.29 is 0 Å². The number of thiazole rings is 1. The molecule has 3 N–H and O–H groups in total. The van der Waals surface area contributed by atoms with Gasteiger partial charge in [0.25, 0.3) is 0 Å². The van der Waals surface area contributed by atoms with E-state index in [0.717, 1.165) is 16.3 Å². The van der Waals surface area contributed by atoms with Gasteiger partial charge in [-0.1, -0.05) is 18.2 Å². The maximum atomic E-state index is 7.43. The Morgan fingerprint density at radius 1 is 1.33 bits per heavy atom. The molecule has 21 heavy (non-hydrogen) atoms. The maximum Gasteiger partial charge on any atom is 0.193 e. The summed E-state index contributed by atoms with van der Waals surface area (Å²) in [4.78, 5) is 7.83. The maximum absolute atomic E-state index is 7.43. The number of para-hydroxylation sites is 1. The minimum atomic E-state index is 0.210. The quantitative estimate of drug-likeness (QED) is 0.543. The molecule has 0 bridgehead atoms. The Bertz CT molecular complexity index is 702. The molecule has 108 valence electrons. The van der Waals surface area contributed by atoms with Crippen LogP contribution in [0.25, 0.3) is 4.96 Å². The molecule has 3 rings (SSSR count). The van der Waals surface area contributed by atoms with Crippen LogP contribution in [0.5, 0.6) is 0 Å². The lowest BCUT2D eigenvalue weighted by atomic mass is 10.2. The van der Waals surface area contributed by atoms with Gasteiger partial charge in [0, 0.05) is 36.4 Å². The Kier molecular flexibility index (Phi) is 3.87. The van der Waals surface area contributed by atoms with E-state index in [1.807, 2.05) is 34.2 Å². The van der Waals surface area contributed by atoms with Crippen LogP contribution in [-0.2, 0) is 6.54 Å². The fourth-order valence-electron chi connectivity index (χ4n) is 2.24. The average molecular weight is 299 g/mol. The van der Waals surface area contributed by atoms with E-state index in [1.54, 1.807) is 11.3 Å². The van der Waals surface area contributed by atoms with E-state index in [4.69, 9.17) is 11.1 Å². The molecule has 0 aliphatic carbocycles. The van der Waals surface area contributed by atoms with Crippen LogP contribution in [-0.4, -0.2) is 21.8 Å². The Balaban J connectivity index is 1.81. The molecule has 2 heterocycles. The molecular weight excluding hydrogens is 282 g/mol. The van der Waals surface area contributed by atoms with Crippen molar-refractivity contribution in [3.63, 3.8) is 0 Å². The summed E-state index contributed by atoms with van der Waals surface area (Å²) in [5.41, 5.74) is 7.64. The lowest BCUT2D eigenvalue weighted by molar-refractivity contribution is 0.789. The summed E-state index contributed by atoms with van der Waals surface area (Å²) in [7, 11) is 0. The van der Waals surface area contributed by atoms with Crippen LogP contribution in [0.1, 0.15) is 12.1 Å². The van der Waals surface area contributed by atoms with Crippen LogP contribution in [0.4, 0.5) is 5.69 Å². The summed E-state index contributed by atoms with van der Waals surface area (Å²) >= 11 is 1.63. The SMILES string of the molecule is N=C(N)CCN(Cc1cn2ccsc2n1)c1ccccc1. The molecular formula is C15H17N5S. The van der Waals surface area contributed by atoms with Gasteiger partial charge in [-0.15, -0.1) is 11.3 Å². The fraction of sp³-hybridized carbons (Fsp3) is 0.200. The van der Waals surface area contributed by atoms with Crippen molar-refractivity contribution in [2.75, 3.05) is 11.4 Å². The van der Waals surface area contributed by atoms with Crippen molar-refractivity contribution in [1.29, 1.82) is 5.41 Å². The molecule has 3 aromatic rings. The third kappa shape index (κ3) is 3.22. The van der Waals surface area contributed by atoms with Gasteiger partial charge in [0.1, 0.15) is 0 Å². The van der Waals surface area contributed by atoms with Gasteiger partial charge in [0.05, 0.1) is 18.1 Å². The molecule has 0 fully saturated rings. The average Bonchev–Trinajstić information content (AvgIpc) is 3.05. The fourth-order valence-corrected chi connectivity index (χ4v) is 2.96. The van der Waals surface area contributed by atoms with E-state index >= 15 is 0 Å². The van der Waals surface area contributed by atoms with Crippen molar-refractivity contribution in [2.24, 2.45) is 5.73 Å². The van der Waals surface area contributed by atoms with Crippen molar-refractivity contribution in [2.45, 2.75) is 13.0 Å². The second kappa shape index (κ2) is 5.97. The van der Waals surface area contributed by atoms with Gasteiger partial charge in [-0.25, -0.2) is 4.98 Å². The molecule has 6 heteroatoms. The van der Waals surface area contributed by atoms with Crippen LogP contribution >= 0.6 is 11.3 Å². The Labute approximate surface area is 127 Å². The standard InChI is InChI=1S/C15H17N5S/c16-14(17)6-7-19(13-4-2-1-3-5-13)10-12-11-20-8-9-21-15(20)18-12/h1-5,8-9,11H,6-7,10H2,(H3,16,17). The summed E-state index contributed by atoms with van der Waals surface area (Å²) in [6.07, 6.45) is 4.62. The van der Waals surface area contributed by atoms with E-state index in [9.17, 15) is 0 Å². The highest BCUT2D eigenvalue weighted by Crippen LogP contribution is 2.18. The molecule has 0 atom stereocenters. The monoisotopic (exact) mass is 299 g/mol. The number of fused-ring (bicyclic) bond motifs is 1. The first-order valence-corrected chi connectivity index (χ1v) is 7.64. The largest absolute Gasteiger partial charge is 0.388 e. The smallest absolute Gasteiger partial charge is 0.193 e. The van der Waals surface area contributed by atoms with Crippen LogP contribution < -0.4 is 10.6 Å². The summed E-state index contributed by atoms with van der Waals surface area (Å²) < 4.78 is 2.04. The van der Waals surface area contributed by atoms with Crippen LogP contribution in [0.15, 0.2) is 48.1 Å². The molecule has 2 aromatic heterocycles. The number of nitrogens with two attached hydrogens (primary N) is 1.